The minimum Gasteiger partial charge on any atom is -0.478 e. The summed E-state index contributed by atoms with van der Waals surface area (Å²) in [5.74, 6) is -3.23. The molecule has 1 heterocycles. The highest BCUT2D eigenvalue weighted by molar-refractivity contribution is 6.31. The van der Waals surface area contributed by atoms with Gasteiger partial charge in [-0.3, -0.25) is 0 Å². The number of anilines is 1. The van der Waals surface area contributed by atoms with Crippen LogP contribution in [0.25, 0.3) is 0 Å². The third kappa shape index (κ3) is 5.60. The maximum absolute atomic E-state index is 15.6. The fourth-order valence-electron chi connectivity index (χ4n) is 5.48. The Bertz CT molecular complexity index is 1430. The largest absolute Gasteiger partial charge is 0.478 e. The van der Waals surface area contributed by atoms with E-state index in [4.69, 9.17) is 28.9 Å². The van der Waals surface area contributed by atoms with Crippen molar-refractivity contribution >= 4 is 40.9 Å². The summed E-state index contributed by atoms with van der Waals surface area (Å²) < 4.78 is 31.2. The zero-order valence-electron chi connectivity index (χ0n) is 21.6. The van der Waals surface area contributed by atoms with Gasteiger partial charge in [0.15, 0.2) is 0 Å². The lowest BCUT2D eigenvalue weighted by atomic mass is 9.69. The van der Waals surface area contributed by atoms with E-state index >= 15 is 8.78 Å². The molecule has 4 N–H and O–H groups in total. The Balaban J connectivity index is 1.93. The van der Waals surface area contributed by atoms with Crippen molar-refractivity contribution < 1.29 is 23.5 Å². The Morgan fingerprint density at radius 2 is 1.79 bits per heavy atom. The second-order valence-corrected chi connectivity index (χ2v) is 11.8. The molecule has 0 radical (unpaired) electrons. The number of hydrogen-bond donors (Lipinski definition) is 3. The number of urea groups is 1. The van der Waals surface area contributed by atoms with Gasteiger partial charge in [0.05, 0.1) is 27.9 Å². The second-order valence-electron chi connectivity index (χ2n) is 11.0. The Morgan fingerprint density at radius 3 is 2.44 bits per heavy atom. The molecule has 206 valence electrons. The lowest BCUT2D eigenvalue weighted by molar-refractivity contribution is 0.0698. The number of carbonyl (C=O) groups is 2. The highest BCUT2D eigenvalue weighted by atomic mass is 35.5. The molecular weight excluding hydrogens is 547 g/mol. The van der Waals surface area contributed by atoms with E-state index in [1.165, 1.54) is 53.4 Å². The van der Waals surface area contributed by atoms with Crippen molar-refractivity contribution in [3.63, 3.8) is 0 Å². The van der Waals surface area contributed by atoms with Gasteiger partial charge in [-0.15, -0.1) is 0 Å². The van der Waals surface area contributed by atoms with Crippen LogP contribution >= 0.6 is 23.2 Å². The molecule has 6 nitrogen and oxygen atoms in total. The molecule has 2 amide bonds. The second kappa shape index (κ2) is 10.8. The number of likely N-dealkylation sites (tertiary alicyclic amines) is 1. The normalized spacial score (nSPS) is 21.2. The lowest BCUT2D eigenvalue weighted by Crippen LogP contribution is -2.49. The van der Waals surface area contributed by atoms with E-state index in [1.807, 2.05) is 20.8 Å². The highest BCUT2D eigenvalue weighted by Crippen LogP contribution is 2.53. The molecule has 0 bridgehead atoms. The topological polar surface area (TPSA) is 95.7 Å². The van der Waals surface area contributed by atoms with Crippen molar-refractivity contribution in [3.8, 4) is 0 Å². The first-order chi connectivity index (χ1) is 18.2. The third-order valence-electron chi connectivity index (χ3n) is 7.05. The van der Waals surface area contributed by atoms with Gasteiger partial charge in [0.25, 0.3) is 0 Å². The summed E-state index contributed by atoms with van der Waals surface area (Å²) in [4.78, 5) is 26.9. The fourth-order valence-corrected chi connectivity index (χ4v) is 5.82. The molecule has 1 aliphatic heterocycles. The number of benzene rings is 3. The minimum atomic E-state index is -1.60. The van der Waals surface area contributed by atoms with Crippen LogP contribution in [0.3, 0.4) is 0 Å². The van der Waals surface area contributed by atoms with Crippen molar-refractivity contribution in [3.05, 3.63) is 99.0 Å². The first-order valence-electron chi connectivity index (χ1n) is 12.3. The first-order valence-corrected chi connectivity index (χ1v) is 13.1. The summed E-state index contributed by atoms with van der Waals surface area (Å²) in [6.07, 6.45) is 0.458. The summed E-state index contributed by atoms with van der Waals surface area (Å²) in [6, 6.07) is 12.5. The van der Waals surface area contributed by atoms with Crippen LogP contribution in [-0.4, -0.2) is 28.6 Å². The van der Waals surface area contributed by atoms with E-state index in [1.54, 1.807) is 6.07 Å². The monoisotopic (exact) mass is 575 g/mol. The molecule has 1 saturated heterocycles. The molecule has 3 aromatic rings. The number of hydrogen-bond acceptors (Lipinski definition) is 3. The lowest BCUT2D eigenvalue weighted by Gasteiger charge is -2.40. The molecule has 10 heteroatoms. The smallest absolute Gasteiger partial charge is 0.337 e. The van der Waals surface area contributed by atoms with Crippen molar-refractivity contribution in [2.24, 2.45) is 17.1 Å². The van der Waals surface area contributed by atoms with Gasteiger partial charge >= 0.3 is 12.0 Å². The van der Waals surface area contributed by atoms with Gasteiger partial charge in [0, 0.05) is 28.6 Å². The van der Waals surface area contributed by atoms with Crippen LogP contribution in [0.1, 0.15) is 54.7 Å². The summed E-state index contributed by atoms with van der Waals surface area (Å²) in [5, 5.41) is 12.2. The van der Waals surface area contributed by atoms with Gasteiger partial charge in [-0.1, -0.05) is 74.3 Å². The molecule has 0 aromatic heterocycles. The average Bonchev–Trinajstić information content (AvgIpc) is 3.12. The standard InChI is InChI=1S/C29H29Cl2F2N3O3/c1-28(2,3)14-16-15-36(27(39)35-23-10-5-4-7-18(23)26(37)38)25(19-8-6-9-21(31)24(19)33)29(16,34)20-12-11-17(30)13-22(20)32/h4-13,16,25H,14-15,34H2,1-3H3,(H,35,39)(H,37,38)/t16-,25-,29+/m1/s1. The van der Waals surface area contributed by atoms with Crippen molar-refractivity contribution in [2.45, 2.75) is 38.8 Å². The van der Waals surface area contributed by atoms with Crippen LogP contribution in [-0.2, 0) is 5.54 Å². The molecule has 1 aliphatic rings. The predicted molar refractivity (Wildman–Crippen MR) is 148 cm³/mol. The number of carbonyl (C=O) groups excluding carboxylic acids is 1. The van der Waals surface area contributed by atoms with Crippen molar-refractivity contribution in [1.82, 2.24) is 4.90 Å². The maximum atomic E-state index is 15.6. The molecule has 0 unspecified atom stereocenters. The van der Waals surface area contributed by atoms with Crippen LogP contribution in [0, 0.1) is 23.0 Å². The van der Waals surface area contributed by atoms with Gasteiger partial charge < -0.3 is 21.1 Å². The van der Waals surface area contributed by atoms with Crippen LogP contribution in [0.4, 0.5) is 19.3 Å². The van der Waals surface area contributed by atoms with Crippen LogP contribution in [0.2, 0.25) is 10.0 Å². The summed E-state index contributed by atoms with van der Waals surface area (Å²) in [6.45, 7) is 6.01. The van der Waals surface area contributed by atoms with Gasteiger partial charge in [0.2, 0.25) is 0 Å². The Hall–Kier alpha value is -3.20. The molecule has 0 spiro atoms. The highest BCUT2D eigenvalue weighted by Gasteiger charge is 2.57. The number of amides is 2. The Labute approximate surface area is 235 Å². The van der Waals surface area contributed by atoms with Crippen LogP contribution < -0.4 is 11.1 Å². The third-order valence-corrected chi connectivity index (χ3v) is 7.58. The molecule has 3 atom stereocenters. The summed E-state index contributed by atoms with van der Waals surface area (Å²) in [5.41, 5.74) is 5.30. The number of para-hydroxylation sites is 1. The van der Waals surface area contributed by atoms with Crippen molar-refractivity contribution in [2.75, 3.05) is 11.9 Å². The number of halogens is 4. The number of rotatable bonds is 5. The average molecular weight is 576 g/mol. The van der Waals surface area contributed by atoms with Gasteiger partial charge in [-0.25, -0.2) is 18.4 Å². The molecule has 0 saturated carbocycles. The van der Waals surface area contributed by atoms with E-state index in [-0.39, 0.29) is 44.4 Å². The zero-order chi connectivity index (χ0) is 28.7. The number of carboxylic acids is 1. The van der Waals surface area contributed by atoms with Crippen molar-refractivity contribution in [1.29, 1.82) is 0 Å². The summed E-state index contributed by atoms with van der Waals surface area (Å²) >= 11 is 12.2. The number of nitrogens with two attached hydrogens (primary N) is 1. The van der Waals surface area contributed by atoms with Gasteiger partial charge in [0.1, 0.15) is 11.6 Å². The molecule has 1 fully saturated rings. The van der Waals surface area contributed by atoms with E-state index in [2.05, 4.69) is 5.32 Å². The number of nitrogens with zero attached hydrogens (tertiary/aromatic N) is 1. The van der Waals surface area contributed by atoms with Crippen LogP contribution in [0.5, 0.6) is 0 Å². The minimum absolute atomic E-state index is 0.0115. The first kappa shape index (κ1) is 28.8. The Morgan fingerprint density at radius 1 is 1.10 bits per heavy atom. The molecule has 0 aliphatic carbocycles. The SMILES string of the molecule is CC(C)(C)C[C@@H]1CN(C(=O)Nc2ccccc2C(=O)O)[C@H](c2cccc(Cl)c2F)[C@@]1(N)c1ccc(Cl)cc1F. The molecule has 3 aromatic carbocycles. The van der Waals surface area contributed by atoms with Gasteiger partial charge in [-0.2, -0.15) is 0 Å². The zero-order valence-corrected chi connectivity index (χ0v) is 23.2. The quantitative estimate of drug-likeness (QED) is 0.294. The molecular formula is C29H29Cl2F2N3O3. The van der Waals surface area contributed by atoms with E-state index < -0.39 is 41.1 Å². The fraction of sp³-hybridized carbons (Fsp3) is 0.310. The van der Waals surface area contributed by atoms with Crippen LogP contribution in [0.15, 0.2) is 60.7 Å². The Kier molecular flexibility index (Phi) is 7.94. The number of nitrogens with one attached hydrogen (secondary N) is 1. The van der Waals surface area contributed by atoms with E-state index in [9.17, 15) is 14.7 Å². The number of carboxylic acid groups (broad SMARTS) is 1. The predicted octanol–water partition coefficient (Wildman–Crippen LogP) is 7.47. The molecule has 4 rings (SSSR count). The maximum Gasteiger partial charge on any atom is 0.337 e. The van der Waals surface area contributed by atoms with E-state index in [0.29, 0.717) is 6.42 Å². The molecule has 39 heavy (non-hydrogen) atoms. The van der Waals surface area contributed by atoms with E-state index in [0.717, 1.165) is 6.07 Å². The van der Waals surface area contributed by atoms with Gasteiger partial charge in [-0.05, 0) is 42.2 Å². The summed E-state index contributed by atoms with van der Waals surface area (Å²) in [7, 11) is 0. The number of aromatic carboxylic acids is 1.